The van der Waals surface area contributed by atoms with Gasteiger partial charge in [-0.25, -0.2) is 9.97 Å². The molecule has 0 aliphatic carbocycles. The molecule has 1 aliphatic rings. The summed E-state index contributed by atoms with van der Waals surface area (Å²) in [5.74, 6) is 1.80. The molecule has 0 unspecified atom stereocenters. The van der Waals surface area contributed by atoms with E-state index in [0.717, 1.165) is 65.0 Å². The van der Waals surface area contributed by atoms with Gasteiger partial charge in [0.05, 0.1) is 24.6 Å². The molecule has 0 saturated carbocycles. The number of piperazine rings is 1. The van der Waals surface area contributed by atoms with E-state index in [2.05, 4.69) is 47.1 Å². The highest BCUT2D eigenvalue weighted by atomic mass is 79.9. The molecule has 0 atom stereocenters. The second-order valence-electron chi connectivity index (χ2n) is 6.32. The monoisotopic (exact) mass is 445 g/mol. The van der Waals surface area contributed by atoms with Crippen molar-refractivity contribution in [3.63, 3.8) is 0 Å². The van der Waals surface area contributed by atoms with Crippen molar-refractivity contribution in [3.8, 4) is 16.3 Å². The first-order valence-electron chi connectivity index (χ1n) is 8.74. The Labute approximate surface area is 171 Å². The number of nitrogens with zero attached hydrogens (tertiary/aromatic N) is 5. The number of rotatable bonds is 5. The zero-order valence-corrected chi connectivity index (χ0v) is 17.4. The van der Waals surface area contributed by atoms with Crippen molar-refractivity contribution in [2.24, 2.45) is 0 Å². The summed E-state index contributed by atoms with van der Waals surface area (Å²) in [4.78, 5) is 18.1. The highest BCUT2D eigenvalue weighted by molar-refractivity contribution is 9.10. The van der Waals surface area contributed by atoms with E-state index in [1.165, 1.54) is 0 Å². The van der Waals surface area contributed by atoms with Gasteiger partial charge in [-0.15, -0.1) is 11.3 Å². The van der Waals surface area contributed by atoms with E-state index in [0.29, 0.717) is 0 Å². The van der Waals surface area contributed by atoms with Crippen LogP contribution in [0.1, 0.15) is 5.69 Å². The summed E-state index contributed by atoms with van der Waals surface area (Å²) in [5, 5.41) is 3.13. The highest BCUT2D eigenvalue weighted by Crippen LogP contribution is 2.34. The topological polar surface area (TPSA) is 54.4 Å². The summed E-state index contributed by atoms with van der Waals surface area (Å²) in [5.41, 5.74) is 2.13. The van der Waals surface area contributed by atoms with Gasteiger partial charge in [-0.05, 0) is 18.2 Å². The van der Waals surface area contributed by atoms with Crippen LogP contribution < -0.4 is 9.64 Å². The normalized spacial score (nSPS) is 15.1. The number of methoxy groups -OCH3 is 1. The zero-order valence-electron chi connectivity index (χ0n) is 15.0. The fourth-order valence-electron chi connectivity index (χ4n) is 3.17. The summed E-state index contributed by atoms with van der Waals surface area (Å²) in [6.45, 7) is 4.75. The van der Waals surface area contributed by atoms with Crippen LogP contribution in [0, 0.1) is 0 Å². The van der Waals surface area contributed by atoms with E-state index < -0.39 is 0 Å². The molecule has 3 aromatic rings. The van der Waals surface area contributed by atoms with Crippen molar-refractivity contribution < 1.29 is 4.74 Å². The maximum Gasteiger partial charge on any atom is 0.147 e. The third kappa shape index (κ3) is 4.28. The summed E-state index contributed by atoms with van der Waals surface area (Å²) >= 11 is 5.19. The Hall–Kier alpha value is -2.03. The van der Waals surface area contributed by atoms with Gasteiger partial charge in [-0.2, -0.15) is 0 Å². The van der Waals surface area contributed by atoms with Crippen molar-refractivity contribution in [2.45, 2.75) is 6.54 Å². The number of hydrogen-bond acceptors (Lipinski definition) is 7. The van der Waals surface area contributed by atoms with Gasteiger partial charge in [-0.3, -0.25) is 9.88 Å². The molecule has 140 valence electrons. The Morgan fingerprint density at radius 1 is 1.19 bits per heavy atom. The van der Waals surface area contributed by atoms with Crippen molar-refractivity contribution in [3.05, 3.63) is 52.3 Å². The van der Waals surface area contributed by atoms with Gasteiger partial charge in [-0.1, -0.05) is 15.9 Å². The molecule has 0 radical (unpaired) electrons. The van der Waals surface area contributed by atoms with E-state index in [1.807, 2.05) is 18.3 Å². The number of benzene rings is 1. The molecule has 1 aromatic carbocycles. The molecule has 27 heavy (non-hydrogen) atoms. The number of halogens is 1. The Bertz CT molecular complexity index is 896. The predicted octanol–water partition coefficient (Wildman–Crippen LogP) is 3.69. The minimum Gasteiger partial charge on any atom is -0.496 e. The Balaban J connectivity index is 1.40. The number of ether oxygens (including phenoxy) is 1. The van der Waals surface area contributed by atoms with Crippen LogP contribution in [0.15, 0.2) is 46.6 Å². The second-order valence-corrected chi connectivity index (χ2v) is 8.09. The van der Waals surface area contributed by atoms with E-state index in [9.17, 15) is 0 Å². The van der Waals surface area contributed by atoms with Gasteiger partial charge in [0, 0.05) is 55.0 Å². The van der Waals surface area contributed by atoms with Crippen LogP contribution in [0.3, 0.4) is 0 Å². The van der Waals surface area contributed by atoms with E-state index in [4.69, 9.17) is 9.72 Å². The van der Waals surface area contributed by atoms with Gasteiger partial charge in [0.25, 0.3) is 0 Å². The first-order valence-corrected chi connectivity index (χ1v) is 10.4. The lowest BCUT2D eigenvalue weighted by atomic mass is 10.2. The third-order valence-corrected chi connectivity index (χ3v) is 5.99. The lowest BCUT2D eigenvalue weighted by molar-refractivity contribution is 0.247. The lowest BCUT2D eigenvalue weighted by Gasteiger charge is -2.34. The number of thiazole rings is 1. The van der Waals surface area contributed by atoms with Crippen molar-refractivity contribution in [1.29, 1.82) is 0 Å². The molecule has 2 aromatic heterocycles. The van der Waals surface area contributed by atoms with Gasteiger partial charge in [0.1, 0.15) is 16.6 Å². The van der Waals surface area contributed by atoms with Crippen molar-refractivity contribution >= 4 is 33.1 Å². The molecule has 3 heterocycles. The molecule has 0 bridgehead atoms. The minimum absolute atomic E-state index is 0.844. The molecule has 6 nitrogen and oxygen atoms in total. The fraction of sp³-hybridized carbons (Fsp3) is 0.316. The van der Waals surface area contributed by atoms with Crippen LogP contribution >= 0.6 is 27.3 Å². The van der Waals surface area contributed by atoms with Crippen molar-refractivity contribution in [2.75, 3.05) is 38.2 Å². The number of hydrogen-bond donors (Lipinski definition) is 0. The second kappa shape index (κ2) is 8.33. The first-order chi connectivity index (χ1) is 13.2. The average molecular weight is 446 g/mol. The van der Waals surface area contributed by atoms with Gasteiger partial charge < -0.3 is 9.64 Å². The summed E-state index contributed by atoms with van der Waals surface area (Å²) in [7, 11) is 1.69. The van der Waals surface area contributed by atoms with E-state index >= 15 is 0 Å². The molecule has 0 amide bonds. The molecule has 0 N–H and O–H groups in total. The molecule has 1 saturated heterocycles. The molecule has 1 fully saturated rings. The molecule has 1 aliphatic heterocycles. The molecule has 4 rings (SSSR count). The molecule has 0 spiro atoms. The summed E-state index contributed by atoms with van der Waals surface area (Å²) in [6.07, 6.45) is 5.28. The summed E-state index contributed by atoms with van der Waals surface area (Å²) in [6, 6.07) is 6.00. The van der Waals surface area contributed by atoms with E-state index in [1.54, 1.807) is 30.8 Å². The Kier molecular flexibility index (Phi) is 5.66. The molecular weight excluding hydrogens is 426 g/mol. The fourth-order valence-corrected chi connectivity index (χ4v) is 4.36. The molecule has 8 heteroatoms. The van der Waals surface area contributed by atoms with Gasteiger partial charge in [0.2, 0.25) is 0 Å². The predicted molar refractivity (Wildman–Crippen MR) is 111 cm³/mol. The largest absolute Gasteiger partial charge is 0.496 e. The zero-order chi connectivity index (χ0) is 18.6. The maximum atomic E-state index is 5.49. The number of anilines is 1. The molecular formula is C19H20BrN5OS. The van der Waals surface area contributed by atoms with Crippen molar-refractivity contribution in [1.82, 2.24) is 19.9 Å². The van der Waals surface area contributed by atoms with E-state index in [-0.39, 0.29) is 0 Å². The standard InChI is InChI=1S/C19H20BrN5OS/c1-26-17-3-2-14(20)10-16(17)19-23-15(13-27-19)12-24-6-8-25(9-7-24)18-11-21-4-5-22-18/h2-5,10-11,13H,6-9,12H2,1H3. The summed E-state index contributed by atoms with van der Waals surface area (Å²) < 4.78 is 6.51. The third-order valence-electron chi connectivity index (χ3n) is 4.58. The van der Waals surface area contributed by atoms with Crippen LogP contribution in [0.25, 0.3) is 10.6 Å². The highest BCUT2D eigenvalue weighted by Gasteiger charge is 2.19. The Morgan fingerprint density at radius 2 is 2.04 bits per heavy atom. The lowest BCUT2D eigenvalue weighted by Crippen LogP contribution is -2.46. The van der Waals surface area contributed by atoms with Crippen LogP contribution in [0.5, 0.6) is 5.75 Å². The van der Waals surface area contributed by atoms with Crippen LogP contribution in [0.4, 0.5) is 5.82 Å². The van der Waals surface area contributed by atoms with Gasteiger partial charge >= 0.3 is 0 Å². The maximum absolute atomic E-state index is 5.49. The van der Waals surface area contributed by atoms with Crippen LogP contribution in [-0.2, 0) is 6.54 Å². The van der Waals surface area contributed by atoms with Gasteiger partial charge in [0.15, 0.2) is 0 Å². The smallest absolute Gasteiger partial charge is 0.147 e. The van der Waals surface area contributed by atoms with Crippen LogP contribution in [0.2, 0.25) is 0 Å². The SMILES string of the molecule is COc1ccc(Br)cc1-c1nc(CN2CCN(c3cnccn3)CC2)cs1. The quantitative estimate of drug-likeness (QED) is 0.596. The first kappa shape index (κ1) is 18.3. The minimum atomic E-state index is 0.844. The number of aromatic nitrogens is 3. The Morgan fingerprint density at radius 3 is 2.78 bits per heavy atom. The average Bonchev–Trinajstić information content (AvgIpc) is 3.17. The van der Waals surface area contributed by atoms with Crippen LogP contribution in [-0.4, -0.2) is 53.1 Å².